The fourth-order valence-corrected chi connectivity index (χ4v) is 1.47. The molecule has 0 atom stereocenters. The zero-order valence-electron chi connectivity index (χ0n) is 7.70. The number of alkyl halides is 3. The van der Waals surface area contributed by atoms with Gasteiger partial charge < -0.3 is 0 Å². The molecule has 0 aliphatic rings. The Kier molecular flexibility index (Phi) is 3.39. The van der Waals surface area contributed by atoms with Crippen molar-refractivity contribution in [2.45, 2.75) is 13.1 Å². The van der Waals surface area contributed by atoms with Crippen molar-refractivity contribution in [3.8, 4) is 0 Å². The molecular weight excluding hydrogens is 232 g/mol. The summed E-state index contributed by atoms with van der Waals surface area (Å²) in [6.07, 6.45) is -3.81. The highest BCUT2D eigenvalue weighted by molar-refractivity contribution is 6.32. The number of hydrogen-bond donors (Lipinski definition) is 0. The topological polar surface area (TPSA) is 0 Å². The third kappa shape index (κ3) is 2.50. The molecule has 82 valence electrons. The standard InChI is InChI=1S/C10H7ClF4/c1-2-6(10(13,14)15)9-7(11)4-3-5-8(9)12/h2-5H,1H3/b6-2-. The predicted octanol–water partition coefficient (Wildman–Crippen LogP) is 4.44. The van der Waals surface area contributed by atoms with Gasteiger partial charge in [-0.3, -0.25) is 0 Å². The Morgan fingerprint density at radius 1 is 1.33 bits per heavy atom. The minimum Gasteiger partial charge on any atom is -0.206 e. The van der Waals surface area contributed by atoms with Gasteiger partial charge in [-0.2, -0.15) is 13.2 Å². The normalized spacial score (nSPS) is 13.1. The third-order valence-corrected chi connectivity index (χ3v) is 2.14. The monoisotopic (exact) mass is 238 g/mol. The highest BCUT2D eigenvalue weighted by Gasteiger charge is 2.36. The first-order valence-corrected chi connectivity index (χ1v) is 4.43. The second kappa shape index (κ2) is 4.23. The summed E-state index contributed by atoms with van der Waals surface area (Å²) in [5.74, 6) is -0.979. The molecule has 0 aliphatic carbocycles. The van der Waals surface area contributed by atoms with Crippen molar-refractivity contribution >= 4 is 17.2 Å². The van der Waals surface area contributed by atoms with Crippen LogP contribution in [-0.4, -0.2) is 6.18 Å². The van der Waals surface area contributed by atoms with Crippen molar-refractivity contribution < 1.29 is 17.6 Å². The van der Waals surface area contributed by atoms with Crippen molar-refractivity contribution in [2.24, 2.45) is 0 Å². The smallest absolute Gasteiger partial charge is 0.206 e. The molecule has 15 heavy (non-hydrogen) atoms. The molecule has 0 spiro atoms. The molecule has 1 rings (SSSR count). The summed E-state index contributed by atoms with van der Waals surface area (Å²) in [5, 5.41) is -0.250. The van der Waals surface area contributed by atoms with E-state index in [1.807, 2.05) is 0 Å². The van der Waals surface area contributed by atoms with E-state index in [1.165, 1.54) is 19.1 Å². The van der Waals surface area contributed by atoms with E-state index >= 15 is 0 Å². The van der Waals surface area contributed by atoms with Gasteiger partial charge in [-0.25, -0.2) is 4.39 Å². The minimum absolute atomic E-state index is 0.250. The van der Waals surface area contributed by atoms with Crippen LogP contribution < -0.4 is 0 Å². The van der Waals surface area contributed by atoms with Gasteiger partial charge in [0.15, 0.2) is 0 Å². The largest absolute Gasteiger partial charge is 0.416 e. The Morgan fingerprint density at radius 2 is 1.93 bits per heavy atom. The van der Waals surface area contributed by atoms with E-state index in [9.17, 15) is 17.6 Å². The maximum atomic E-state index is 13.2. The highest BCUT2D eigenvalue weighted by atomic mass is 35.5. The number of allylic oxidation sites excluding steroid dienone is 2. The van der Waals surface area contributed by atoms with E-state index in [1.54, 1.807) is 0 Å². The van der Waals surface area contributed by atoms with Crippen molar-refractivity contribution in [1.82, 2.24) is 0 Å². The lowest BCUT2D eigenvalue weighted by Gasteiger charge is -2.13. The van der Waals surface area contributed by atoms with E-state index in [4.69, 9.17) is 11.6 Å². The molecule has 0 unspecified atom stereocenters. The second-order valence-electron chi connectivity index (χ2n) is 2.80. The van der Waals surface area contributed by atoms with Gasteiger partial charge in [0, 0.05) is 5.56 Å². The summed E-state index contributed by atoms with van der Waals surface area (Å²) < 4.78 is 50.6. The van der Waals surface area contributed by atoms with Crippen LogP contribution in [0.4, 0.5) is 17.6 Å². The highest BCUT2D eigenvalue weighted by Crippen LogP contribution is 2.38. The summed E-state index contributed by atoms with van der Waals surface area (Å²) in [5.41, 5.74) is -1.67. The van der Waals surface area contributed by atoms with Crippen LogP contribution in [0, 0.1) is 5.82 Å². The first-order chi connectivity index (χ1) is 6.88. The fraction of sp³-hybridized carbons (Fsp3) is 0.200. The maximum absolute atomic E-state index is 13.2. The first kappa shape index (κ1) is 12.0. The second-order valence-corrected chi connectivity index (χ2v) is 3.20. The van der Waals surface area contributed by atoms with Gasteiger partial charge in [-0.05, 0) is 19.1 Å². The first-order valence-electron chi connectivity index (χ1n) is 4.05. The van der Waals surface area contributed by atoms with Crippen LogP contribution in [-0.2, 0) is 0 Å². The van der Waals surface area contributed by atoms with Crippen molar-refractivity contribution in [1.29, 1.82) is 0 Å². The van der Waals surface area contributed by atoms with Gasteiger partial charge in [-0.1, -0.05) is 23.7 Å². The van der Waals surface area contributed by atoms with Crippen molar-refractivity contribution in [2.75, 3.05) is 0 Å². The molecule has 0 nitrogen and oxygen atoms in total. The van der Waals surface area contributed by atoms with E-state index in [0.717, 1.165) is 12.1 Å². The third-order valence-electron chi connectivity index (χ3n) is 1.83. The summed E-state index contributed by atoms with van der Waals surface area (Å²) in [6, 6.07) is 3.41. The molecule has 0 aromatic heterocycles. The van der Waals surface area contributed by atoms with Gasteiger partial charge in [-0.15, -0.1) is 0 Å². The molecule has 0 N–H and O–H groups in total. The van der Waals surface area contributed by atoms with Crippen LogP contribution in [0.1, 0.15) is 12.5 Å². The van der Waals surface area contributed by atoms with Crippen LogP contribution in [0.5, 0.6) is 0 Å². The molecular formula is C10H7ClF4. The lowest BCUT2D eigenvalue weighted by atomic mass is 10.0. The Bertz CT molecular complexity index is 373. The molecule has 0 bridgehead atoms. The van der Waals surface area contributed by atoms with Crippen LogP contribution >= 0.6 is 11.6 Å². The van der Waals surface area contributed by atoms with Gasteiger partial charge in [0.1, 0.15) is 5.82 Å². The summed E-state index contributed by atoms with van der Waals surface area (Å²) >= 11 is 5.53. The van der Waals surface area contributed by atoms with E-state index in [0.29, 0.717) is 0 Å². The predicted molar refractivity (Wildman–Crippen MR) is 51.1 cm³/mol. The molecule has 0 amide bonds. The fourth-order valence-electron chi connectivity index (χ4n) is 1.20. The Morgan fingerprint density at radius 3 is 2.33 bits per heavy atom. The molecule has 0 saturated heterocycles. The zero-order chi connectivity index (χ0) is 11.6. The molecule has 0 radical (unpaired) electrons. The van der Waals surface area contributed by atoms with Crippen LogP contribution in [0.25, 0.3) is 5.57 Å². The van der Waals surface area contributed by atoms with Crippen LogP contribution in [0.15, 0.2) is 24.3 Å². The lowest BCUT2D eigenvalue weighted by Crippen LogP contribution is -2.12. The number of hydrogen-bond acceptors (Lipinski definition) is 0. The van der Waals surface area contributed by atoms with E-state index < -0.39 is 23.1 Å². The Labute approximate surface area is 89.2 Å². The van der Waals surface area contributed by atoms with Crippen molar-refractivity contribution in [3.63, 3.8) is 0 Å². The van der Waals surface area contributed by atoms with Gasteiger partial charge >= 0.3 is 6.18 Å². The molecule has 0 aliphatic heterocycles. The summed E-state index contributed by atoms with van der Waals surface area (Å²) in [7, 11) is 0. The minimum atomic E-state index is -4.61. The number of rotatable bonds is 1. The summed E-state index contributed by atoms with van der Waals surface area (Å²) in [6.45, 7) is 1.19. The zero-order valence-corrected chi connectivity index (χ0v) is 8.46. The number of halogens is 5. The van der Waals surface area contributed by atoms with Gasteiger partial charge in [0.2, 0.25) is 0 Å². The van der Waals surface area contributed by atoms with E-state index in [-0.39, 0.29) is 5.02 Å². The lowest BCUT2D eigenvalue weighted by molar-refractivity contribution is -0.0691. The molecule has 0 fully saturated rings. The van der Waals surface area contributed by atoms with Crippen LogP contribution in [0.3, 0.4) is 0 Å². The molecule has 1 aromatic rings. The average molecular weight is 239 g/mol. The van der Waals surface area contributed by atoms with E-state index in [2.05, 4.69) is 0 Å². The average Bonchev–Trinajstić information content (AvgIpc) is 2.09. The quantitative estimate of drug-likeness (QED) is 0.635. The van der Waals surface area contributed by atoms with Gasteiger partial charge in [0.05, 0.1) is 10.6 Å². The van der Waals surface area contributed by atoms with Crippen molar-refractivity contribution in [3.05, 3.63) is 40.7 Å². The molecule has 1 aromatic carbocycles. The summed E-state index contributed by atoms with van der Waals surface area (Å²) in [4.78, 5) is 0. The molecule has 5 heteroatoms. The maximum Gasteiger partial charge on any atom is 0.416 e. The van der Waals surface area contributed by atoms with Gasteiger partial charge in [0.25, 0.3) is 0 Å². The Balaban J connectivity index is 3.38. The van der Waals surface area contributed by atoms with Crippen LogP contribution in [0.2, 0.25) is 5.02 Å². The molecule has 0 heterocycles. The number of benzene rings is 1. The SMILES string of the molecule is C/C=C(/c1c(F)cccc1Cl)C(F)(F)F. The molecule has 0 saturated carbocycles. The Hall–Kier alpha value is -1.03.